The number of nitrogens with one attached hydrogen (secondary N) is 1. The zero-order valence-electron chi connectivity index (χ0n) is 16.5. The van der Waals surface area contributed by atoms with Crippen molar-refractivity contribution in [1.82, 2.24) is 14.6 Å². The molecular weight excluding hydrogens is 403 g/mol. The Morgan fingerprint density at radius 3 is 2.41 bits per heavy atom. The summed E-state index contributed by atoms with van der Waals surface area (Å²) in [4.78, 5) is 6.83. The second-order valence-electron chi connectivity index (χ2n) is 6.81. The fraction of sp³-hybridized carbons (Fsp3) is 0.400. The maximum absolute atomic E-state index is 12.9. The van der Waals surface area contributed by atoms with Crippen molar-refractivity contribution in [2.45, 2.75) is 39.8 Å². The van der Waals surface area contributed by atoms with Gasteiger partial charge >= 0.3 is 6.18 Å². The number of halogens is 4. The summed E-state index contributed by atoms with van der Waals surface area (Å²) in [6, 6.07) is 5.03. The van der Waals surface area contributed by atoms with Crippen molar-refractivity contribution >= 4 is 34.6 Å². The molecule has 5 nitrogen and oxygen atoms in total. The van der Waals surface area contributed by atoms with E-state index in [1.807, 2.05) is 6.92 Å². The highest BCUT2D eigenvalue weighted by Crippen LogP contribution is 2.36. The molecule has 0 unspecified atom stereocenters. The molecule has 0 bridgehead atoms. The molecule has 2 heterocycles. The zero-order valence-corrected chi connectivity index (χ0v) is 17.3. The van der Waals surface area contributed by atoms with Gasteiger partial charge in [-0.05, 0) is 38.0 Å². The van der Waals surface area contributed by atoms with Crippen LogP contribution in [-0.4, -0.2) is 27.7 Å². The lowest BCUT2D eigenvalue weighted by Gasteiger charge is -2.27. The Morgan fingerprint density at radius 1 is 1.14 bits per heavy atom. The van der Waals surface area contributed by atoms with E-state index in [1.165, 1.54) is 6.07 Å². The molecule has 3 rings (SSSR count). The van der Waals surface area contributed by atoms with Crippen molar-refractivity contribution in [2.75, 3.05) is 23.3 Å². The van der Waals surface area contributed by atoms with Gasteiger partial charge in [0.25, 0.3) is 0 Å². The molecule has 0 aliphatic rings. The lowest BCUT2D eigenvalue weighted by molar-refractivity contribution is -0.137. The predicted octanol–water partition coefficient (Wildman–Crippen LogP) is 6.08. The molecule has 0 saturated heterocycles. The smallest absolute Gasteiger partial charge is 0.356 e. The third kappa shape index (κ3) is 4.42. The highest BCUT2D eigenvalue weighted by Gasteiger charge is 2.31. The minimum Gasteiger partial charge on any atom is -0.356 e. The van der Waals surface area contributed by atoms with Gasteiger partial charge in [0.15, 0.2) is 5.65 Å². The maximum atomic E-state index is 12.9. The van der Waals surface area contributed by atoms with Gasteiger partial charge in [-0.2, -0.15) is 22.8 Å². The number of alkyl halides is 3. The van der Waals surface area contributed by atoms with Crippen LogP contribution in [-0.2, 0) is 6.18 Å². The fourth-order valence-electron chi connectivity index (χ4n) is 3.28. The molecule has 0 fully saturated rings. The van der Waals surface area contributed by atoms with Crippen molar-refractivity contribution in [1.29, 1.82) is 0 Å². The molecule has 3 aromatic rings. The van der Waals surface area contributed by atoms with E-state index in [-0.39, 0.29) is 5.02 Å². The molecule has 0 amide bonds. The average Bonchev–Trinajstić information content (AvgIpc) is 3.11. The van der Waals surface area contributed by atoms with Gasteiger partial charge in [0.2, 0.25) is 0 Å². The lowest BCUT2D eigenvalue weighted by atomic mass is 10.2. The molecule has 2 aromatic heterocycles. The molecule has 0 saturated carbocycles. The van der Waals surface area contributed by atoms with Gasteiger partial charge in [-0.15, -0.1) is 0 Å². The van der Waals surface area contributed by atoms with Crippen LogP contribution in [0.2, 0.25) is 5.02 Å². The van der Waals surface area contributed by atoms with Crippen LogP contribution in [0, 0.1) is 6.92 Å². The Labute approximate surface area is 172 Å². The van der Waals surface area contributed by atoms with E-state index in [0.717, 1.165) is 49.4 Å². The van der Waals surface area contributed by atoms with Crippen molar-refractivity contribution in [2.24, 2.45) is 0 Å². The summed E-state index contributed by atoms with van der Waals surface area (Å²) >= 11 is 6.12. The van der Waals surface area contributed by atoms with Crippen molar-refractivity contribution < 1.29 is 13.2 Å². The number of aromatic nitrogens is 3. The van der Waals surface area contributed by atoms with Crippen LogP contribution in [0.4, 0.5) is 30.5 Å². The molecule has 0 spiro atoms. The minimum absolute atomic E-state index is 0.0186. The summed E-state index contributed by atoms with van der Waals surface area (Å²) in [5, 5.41) is 7.49. The summed E-state index contributed by atoms with van der Waals surface area (Å²) in [6.07, 6.45) is -0.826. The number of rotatable bonds is 7. The van der Waals surface area contributed by atoms with Crippen molar-refractivity contribution in [3.05, 3.63) is 46.6 Å². The van der Waals surface area contributed by atoms with Gasteiger partial charge in [-0.25, -0.2) is 4.98 Å². The van der Waals surface area contributed by atoms with E-state index in [1.54, 1.807) is 16.8 Å². The fourth-order valence-corrected chi connectivity index (χ4v) is 3.51. The van der Waals surface area contributed by atoms with E-state index in [9.17, 15) is 13.2 Å². The summed E-state index contributed by atoms with van der Waals surface area (Å²) in [5.41, 5.74) is 1.07. The number of fused-ring (bicyclic) bond motifs is 1. The minimum atomic E-state index is -4.44. The molecule has 1 N–H and O–H groups in total. The largest absolute Gasteiger partial charge is 0.416 e. The monoisotopic (exact) mass is 425 g/mol. The summed E-state index contributed by atoms with van der Waals surface area (Å²) < 4.78 is 40.5. The Hall–Kier alpha value is -2.48. The highest BCUT2D eigenvalue weighted by molar-refractivity contribution is 6.33. The summed E-state index contributed by atoms with van der Waals surface area (Å²) in [7, 11) is 0. The molecule has 9 heteroatoms. The Bertz CT molecular complexity index is 994. The first-order valence-electron chi connectivity index (χ1n) is 9.49. The number of benzene rings is 1. The van der Waals surface area contributed by atoms with E-state index >= 15 is 0 Å². The molecule has 0 radical (unpaired) electrons. The molecule has 1 aromatic carbocycles. The second-order valence-corrected chi connectivity index (χ2v) is 7.22. The van der Waals surface area contributed by atoms with Gasteiger partial charge in [0.05, 0.1) is 22.5 Å². The molecular formula is C20H23ClF3N5. The van der Waals surface area contributed by atoms with E-state index in [4.69, 9.17) is 11.6 Å². The van der Waals surface area contributed by atoms with Crippen molar-refractivity contribution in [3.63, 3.8) is 0 Å². The molecule has 156 valence electrons. The number of hydrogen-bond donors (Lipinski definition) is 1. The van der Waals surface area contributed by atoms with E-state index in [2.05, 4.69) is 34.1 Å². The number of anilines is 3. The van der Waals surface area contributed by atoms with Gasteiger partial charge in [0.1, 0.15) is 11.6 Å². The normalized spacial score (nSPS) is 11.8. The third-order valence-electron chi connectivity index (χ3n) is 4.58. The molecule has 0 aliphatic carbocycles. The number of hydrogen-bond acceptors (Lipinski definition) is 4. The second kappa shape index (κ2) is 8.49. The quantitative estimate of drug-likeness (QED) is 0.498. The van der Waals surface area contributed by atoms with Gasteiger partial charge in [0, 0.05) is 24.7 Å². The van der Waals surface area contributed by atoms with Crippen LogP contribution < -0.4 is 10.2 Å². The standard InChI is InChI=1S/C20H23ClF3N5/c1-4-10-28(11-5-2)19-13(3)18(27-17-8-9-25-29(17)19)26-16-7-6-14(12-15(16)21)20(22,23)24/h6-9,12H,4-5,10-11H2,1-3H3,(H,26,27). The van der Waals surface area contributed by atoms with Crippen LogP contribution in [0.15, 0.2) is 30.5 Å². The SMILES string of the molecule is CCCN(CCC)c1c(C)c(Nc2ccc(C(F)(F)F)cc2Cl)nc2ccnn12. The topological polar surface area (TPSA) is 45.5 Å². The first-order chi connectivity index (χ1) is 13.8. The van der Waals surface area contributed by atoms with Crippen molar-refractivity contribution in [3.8, 4) is 0 Å². The van der Waals surface area contributed by atoms with Crippen LogP contribution >= 0.6 is 11.6 Å². The van der Waals surface area contributed by atoms with Crippen LogP contribution in [0.3, 0.4) is 0 Å². The van der Waals surface area contributed by atoms with Gasteiger partial charge in [-0.3, -0.25) is 0 Å². The number of nitrogens with zero attached hydrogens (tertiary/aromatic N) is 4. The van der Waals surface area contributed by atoms with E-state index < -0.39 is 11.7 Å². The third-order valence-corrected chi connectivity index (χ3v) is 4.89. The Morgan fingerprint density at radius 2 is 1.83 bits per heavy atom. The van der Waals surface area contributed by atoms with Gasteiger partial charge in [-0.1, -0.05) is 25.4 Å². The molecule has 0 aliphatic heterocycles. The van der Waals surface area contributed by atoms with Crippen LogP contribution in [0.25, 0.3) is 5.65 Å². The first-order valence-corrected chi connectivity index (χ1v) is 9.87. The highest BCUT2D eigenvalue weighted by atomic mass is 35.5. The lowest BCUT2D eigenvalue weighted by Crippen LogP contribution is -2.28. The maximum Gasteiger partial charge on any atom is 0.416 e. The Balaban J connectivity index is 2.06. The average molecular weight is 426 g/mol. The zero-order chi connectivity index (χ0) is 21.2. The first kappa shape index (κ1) is 21.2. The Kier molecular flexibility index (Phi) is 6.21. The summed E-state index contributed by atoms with van der Waals surface area (Å²) in [6.45, 7) is 7.85. The van der Waals surface area contributed by atoms with Crippen LogP contribution in [0.1, 0.15) is 37.8 Å². The molecule has 29 heavy (non-hydrogen) atoms. The summed E-state index contributed by atoms with van der Waals surface area (Å²) in [5.74, 6) is 1.45. The van der Waals surface area contributed by atoms with E-state index in [0.29, 0.717) is 17.2 Å². The van der Waals surface area contributed by atoms with Crippen LogP contribution in [0.5, 0.6) is 0 Å². The van der Waals surface area contributed by atoms with Gasteiger partial charge < -0.3 is 10.2 Å². The molecule has 0 atom stereocenters. The predicted molar refractivity (Wildman–Crippen MR) is 110 cm³/mol.